The van der Waals surface area contributed by atoms with E-state index in [1.54, 1.807) is 65.7 Å². The fourth-order valence-electron chi connectivity index (χ4n) is 4.89. The molecule has 0 saturated carbocycles. The normalized spacial score (nSPS) is 15.7. The Morgan fingerprint density at radius 1 is 0.975 bits per heavy atom. The molecule has 5 amide bonds. The first-order chi connectivity index (χ1) is 19.2. The molecule has 1 aromatic heterocycles. The second-order valence-corrected chi connectivity index (χ2v) is 9.96. The lowest BCUT2D eigenvalue weighted by molar-refractivity contribution is -0.136. The number of unbranched alkanes of at least 4 members (excludes halogenated alkanes) is 2. The smallest absolute Gasteiger partial charge is 0.409 e. The molecule has 1 saturated heterocycles. The molecule has 2 aliphatic rings. The van der Waals surface area contributed by atoms with E-state index in [1.165, 1.54) is 4.90 Å². The number of benzene rings is 1. The summed E-state index contributed by atoms with van der Waals surface area (Å²) in [6, 6.07) is 6.24. The van der Waals surface area contributed by atoms with Crippen molar-refractivity contribution in [3.8, 4) is 0 Å². The van der Waals surface area contributed by atoms with Crippen LogP contribution in [0.4, 0.5) is 10.5 Å². The van der Waals surface area contributed by atoms with Gasteiger partial charge in [-0.1, -0.05) is 18.6 Å². The second kappa shape index (κ2) is 12.8. The summed E-state index contributed by atoms with van der Waals surface area (Å²) in [4.78, 5) is 66.9. The Hall–Kier alpha value is -4.22. The summed E-state index contributed by atoms with van der Waals surface area (Å²) in [6.07, 6.45) is 3.49. The number of rotatable bonds is 10. The van der Waals surface area contributed by atoms with E-state index in [0.29, 0.717) is 81.1 Å². The molecule has 1 fully saturated rings. The van der Waals surface area contributed by atoms with Gasteiger partial charge in [-0.05, 0) is 45.7 Å². The van der Waals surface area contributed by atoms with Crippen molar-refractivity contribution in [1.82, 2.24) is 24.5 Å². The monoisotopic (exact) mass is 552 g/mol. The minimum atomic E-state index is -0.569. The molecule has 0 bridgehead atoms. The maximum absolute atomic E-state index is 13.0. The number of anilines is 1. The molecule has 214 valence electrons. The van der Waals surface area contributed by atoms with Gasteiger partial charge in [0.25, 0.3) is 11.8 Å². The SMILES string of the molecule is CCOC(=O)N1CCN(C(=O)C(C)n2cc(NC(=O)CCCCCN3C(=O)c4ccccc4C3=O)c(C)n2)CC1. The van der Waals surface area contributed by atoms with Crippen molar-refractivity contribution in [2.75, 3.05) is 44.6 Å². The molecule has 40 heavy (non-hydrogen) atoms. The van der Waals surface area contributed by atoms with Crippen LogP contribution in [0, 0.1) is 6.92 Å². The molecular weight excluding hydrogens is 516 g/mol. The lowest BCUT2D eigenvalue weighted by Crippen LogP contribution is -2.52. The Bertz CT molecular complexity index is 1250. The lowest BCUT2D eigenvalue weighted by atomic mass is 10.1. The summed E-state index contributed by atoms with van der Waals surface area (Å²) in [7, 11) is 0. The molecule has 12 nitrogen and oxygen atoms in total. The van der Waals surface area contributed by atoms with Gasteiger partial charge < -0.3 is 19.9 Å². The van der Waals surface area contributed by atoms with Gasteiger partial charge in [-0.2, -0.15) is 5.10 Å². The van der Waals surface area contributed by atoms with Crippen molar-refractivity contribution < 1.29 is 28.7 Å². The van der Waals surface area contributed by atoms with Crippen LogP contribution in [-0.4, -0.2) is 93.5 Å². The molecule has 1 aromatic carbocycles. The van der Waals surface area contributed by atoms with Crippen LogP contribution in [0.25, 0.3) is 0 Å². The van der Waals surface area contributed by atoms with Crippen molar-refractivity contribution in [3.05, 3.63) is 47.3 Å². The van der Waals surface area contributed by atoms with Gasteiger partial charge in [-0.15, -0.1) is 0 Å². The van der Waals surface area contributed by atoms with E-state index in [1.807, 2.05) is 0 Å². The Labute approximate surface area is 233 Å². The molecular formula is C28H36N6O6. The fourth-order valence-corrected chi connectivity index (χ4v) is 4.89. The van der Waals surface area contributed by atoms with Crippen molar-refractivity contribution in [3.63, 3.8) is 0 Å². The maximum atomic E-state index is 13.0. The Morgan fingerprint density at radius 3 is 2.23 bits per heavy atom. The van der Waals surface area contributed by atoms with Crippen molar-refractivity contribution >= 4 is 35.4 Å². The van der Waals surface area contributed by atoms with Gasteiger partial charge >= 0.3 is 6.09 Å². The van der Waals surface area contributed by atoms with Crippen LogP contribution in [-0.2, 0) is 14.3 Å². The molecule has 1 N–H and O–H groups in total. The Morgan fingerprint density at radius 2 is 1.60 bits per heavy atom. The predicted molar refractivity (Wildman–Crippen MR) is 146 cm³/mol. The molecule has 3 heterocycles. The second-order valence-electron chi connectivity index (χ2n) is 9.96. The van der Waals surface area contributed by atoms with E-state index in [0.717, 1.165) is 0 Å². The molecule has 0 aliphatic carbocycles. The summed E-state index contributed by atoms with van der Waals surface area (Å²) < 4.78 is 6.58. The first kappa shape index (κ1) is 28.8. The summed E-state index contributed by atoms with van der Waals surface area (Å²) >= 11 is 0. The highest BCUT2D eigenvalue weighted by Crippen LogP contribution is 2.23. The van der Waals surface area contributed by atoms with Crippen LogP contribution < -0.4 is 5.32 Å². The van der Waals surface area contributed by atoms with Crippen LogP contribution in [0.3, 0.4) is 0 Å². The zero-order valence-corrected chi connectivity index (χ0v) is 23.2. The number of fused-ring (bicyclic) bond motifs is 1. The molecule has 0 radical (unpaired) electrons. The number of aromatic nitrogens is 2. The van der Waals surface area contributed by atoms with Gasteiger partial charge in [0.15, 0.2) is 0 Å². The van der Waals surface area contributed by atoms with Crippen LogP contribution in [0.5, 0.6) is 0 Å². The average molecular weight is 553 g/mol. The van der Waals surface area contributed by atoms with Crippen molar-refractivity contribution in [2.24, 2.45) is 0 Å². The third kappa shape index (κ3) is 6.32. The number of aryl methyl sites for hydroxylation is 1. The van der Waals surface area contributed by atoms with E-state index in [2.05, 4.69) is 10.4 Å². The number of hydrogen-bond acceptors (Lipinski definition) is 7. The molecule has 1 atom stereocenters. The van der Waals surface area contributed by atoms with E-state index < -0.39 is 6.04 Å². The number of imide groups is 1. The van der Waals surface area contributed by atoms with Gasteiger partial charge in [0.05, 0.1) is 29.1 Å². The van der Waals surface area contributed by atoms with Crippen molar-refractivity contribution in [2.45, 2.75) is 52.5 Å². The highest BCUT2D eigenvalue weighted by molar-refractivity contribution is 6.21. The number of nitrogens with one attached hydrogen (secondary N) is 1. The topological polar surface area (TPSA) is 134 Å². The van der Waals surface area contributed by atoms with E-state index in [-0.39, 0.29) is 36.1 Å². The van der Waals surface area contributed by atoms with Gasteiger partial charge in [0.2, 0.25) is 11.8 Å². The Kier molecular flexibility index (Phi) is 9.18. The first-order valence-corrected chi connectivity index (χ1v) is 13.7. The fraction of sp³-hybridized carbons (Fsp3) is 0.500. The zero-order valence-electron chi connectivity index (χ0n) is 23.2. The number of ether oxygens (including phenoxy) is 1. The van der Waals surface area contributed by atoms with Crippen LogP contribution in [0.2, 0.25) is 0 Å². The average Bonchev–Trinajstić information content (AvgIpc) is 3.44. The number of nitrogens with zero attached hydrogens (tertiary/aromatic N) is 5. The summed E-state index contributed by atoms with van der Waals surface area (Å²) in [5.74, 6) is -0.811. The van der Waals surface area contributed by atoms with E-state index >= 15 is 0 Å². The molecule has 0 spiro atoms. The van der Waals surface area contributed by atoms with Gasteiger partial charge in [-0.3, -0.25) is 28.8 Å². The highest BCUT2D eigenvalue weighted by Gasteiger charge is 2.34. The third-order valence-electron chi connectivity index (χ3n) is 7.23. The summed E-state index contributed by atoms with van der Waals surface area (Å²) in [6.45, 7) is 7.57. The minimum absolute atomic E-state index is 0.109. The van der Waals surface area contributed by atoms with Crippen LogP contribution in [0.15, 0.2) is 30.5 Å². The Balaban J connectivity index is 1.19. The van der Waals surface area contributed by atoms with Gasteiger partial charge in [0, 0.05) is 45.3 Å². The van der Waals surface area contributed by atoms with E-state index in [9.17, 15) is 24.0 Å². The number of amides is 5. The molecule has 2 aliphatic heterocycles. The number of carbonyl (C=O) groups is 5. The summed E-state index contributed by atoms with van der Waals surface area (Å²) in [5, 5.41) is 7.30. The van der Waals surface area contributed by atoms with Gasteiger partial charge in [0.1, 0.15) is 6.04 Å². The summed E-state index contributed by atoms with van der Waals surface area (Å²) in [5.41, 5.74) is 2.03. The lowest BCUT2D eigenvalue weighted by Gasteiger charge is -2.35. The van der Waals surface area contributed by atoms with Crippen LogP contribution >= 0.6 is 0 Å². The standard InChI is InChI=1S/C28H36N6O6/c1-4-40-28(39)32-16-14-31(15-17-32)25(36)20(3)34-18-23(19(2)30-34)29-24(35)12-6-5-9-13-33-26(37)21-10-7-8-11-22(21)27(33)38/h7-8,10-11,18,20H,4-6,9,12-17H2,1-3H3,(H,29,35). The van der Waals surface area contributed by atoms with E-state index in [4.69, 9.17) is 4.74 Å². The number of piperazine rings is 1. The van der Waals surface area contributed by atoms with Gasteiger partial charge in [-0.25, -0.2) is 4.79 Å². The quantitative estimate of drug-likeness (QED) is 0.354. The molecule has 4 rings (SSSR count). The zero-order chi connectivity index (χ0) is 28.8. The molecule has 12 heteroatoms. The first-order valence-electron chi connectivity index (χ1n) is 13.7. The number of hydrogen-bond donors (Lipinski definition) is 1. The predicted octanol–water partition coefficient (Wildman–Crippen LogP) is 2.85. The molecule has 2 aromatic rings. The minimum Gasteiger partial charge on any atom is -0.450 e. The highest BCUT2D eigenvalue weighted by atomic mass is 16.6. The van der Waals surface area contributed by atoms with Crippen LogP contribution in [0.1, 0.15) is 72.0 Å². The van der Waals surface area contributed by atoms with Crippen molar-refractivity contribution in [1.29, 1.82) is 0 Å². The number of carbonyl (C=O) groups excluding carboxylic acids is 5. The maximum Gasteiger partial charge on any atom is 0.409 e. The molecule has 1 unspecified atom stereocenters. The largest absolute Gasteiger partial charge is 0.450 e. The third-order valence-corrected chi connectivity index (χ3v) is 7.23.